The van der Waals surface area contributed by atoms with Crippen LogP contribution in [0, 0.1) is 0 Å². The van der Waals surface area contributed by atoms with Crippen LogP contribution in [0.1, 0.15) is 63.5 Å². The number of hydrogen-bond donors (Lipinski definition) is 1. The molecule has 0 aliphatic carbocycles. The average Bonchev–Trinajstić information content (AvgIpc) is 2.75. The maximum Gasteiger partial charge on any atom is 0.197 e. The summed E-state index contributed by atoms with van der Waals surface area (Å²) >= 11 is 5.99. The molecule has 0 saturated carbocycles. The van der Waals surface area contributed by atoms with Crippen molar-refractivity contribution in [2.75, 3.05) is 7.05 Å². The van der Waals surface area contributed by atoms with Crippen molar-refractivity contribution in [3.63, 3.8) is 0 Å². The Kier molecular flexibility index (Phi) is 7.38. The molecule has 2 nitrogen and oxygen atoms in total. The van der Waals surface area contributed by atoms with Crippen LogP contribution in [-0.4, -0.2) is 7.05 Å². The summed E-state index contributed by atoms with van der Waals surface area (Å²) in [4.78, 5) is 0. The highest BCUT2D eigenvalue weighted by Gasteiger charge is 2.14. The largest absolute Gasteiger partial charge is 0.453 e. The first kappa shape index (κ1) is 14.6. The molecule has 98 valence electrons. The van der Waals surface area contributed by atoms with E-state index in [1.165, 1.54) is 38.5 Å². The van der Waals surface area contributed by atoms with E-state index in [0.717, 1.165) is 12.0 Å². The number of nitrogens with one attached hydrogen (secondary N) is 1. The quantitative estimate of drug-likeness (QED) is 0.634. The molecule has 0 aliphatic heterocycles. The van der Waals surface area contributed by atoms with Crippen molar-refractivity contribution >= 4 is 11.6 Å². The lowest BCUT2D eigenvalue weighted by atomic mass is 10.0. The lowest BCUT2D eigenvalue weighted by molar-refractivity contribution is 0.489. The van der Waals surface area contributed by atoms with Crippen LogP contribution in [-0.2, 0) is 0 Å². The molecule has 1 aromatic heterocycles. The second-order valence-corrected chi connectivity index (χ2v) is 4.89. The van der Waals surface area contributed by atoms with E-state index in [4.69, 9.17) is 16.0 Å². The Labute approximate surface area is 110 Å². The van der Waals surface area contributed by atoms with Crippen LogP contribution in [0.5, 0.6) is 0 Å². The third-order valence-corrected chi connectivity index (χ3v) is 3.52. The number of hydrogen-bond acceptors (Lipinski definition) is 2. The fraction of sp³-hybridized carbons (Fsp3) is 0.714. The highest BCUT2D eigenvalue weighted by molar-refractivity contribution is 6.29. The second kappa shape index (κ2) is 8.60. The Morgan fingerprint density at radius 2 is 1.94 bits per heavy atom. The molecular weight excluding hydrogens is 234 g/mol. The van der Waals surface area contributed by atoms with Gasteiger partial charge in [-0.05, 0) is 31.1 Å². The third kappa shape index (κ3) is 5.13. The van der Waals surface area contributed by atoms with Gasteiger partial charge in [-0.15, -0.1) is 0 Å². The van der Waals surface area contributed by atoms with Crippen molar-refractivity contribution < 1.29 is 4.42 Å². The summed E-state index contributed by atoms with van der Waals surface area (Å²) in [6.45, 7) is 2.25. The Morgan fingerprint density at radius 1 is 1.24 bits per heavy atom. The molecule has 3 heteroatoms. The standard InChI is InChI=1S/C14H24ClNO/c1-3-4-5-6-7-8-9-13(16-2)12-10-11-17-14(12)15/h10-11,13,16H,3-9H2,1-2H3. The van der Waals surface area contributed by atoms with Crippen molar-refractivity contribution in [2.45, 2.75) is 57.9 Å². The van der Waals surface area contributed by atoms with Gasteiger partial charge in [-0.3, -0.25) is 0 Å². The maximum atomic E-state index is 5.99. The van der Waals surface area contributed by atoms with Gasteiger partial charge in [0.15, 0.2) is 5.22 Å². The molecular formula is C14H24ClNO. The Hall–Kier alpha value is -0.470. The van der Waals surface area contributed by atoms with Crippen molar-refractivity contribution in [1.82, 2.24) is 5.32 Å². The van der Waals surface area contributed by atoms with E-state index in [0.29, 0.717) is 11.3 Å². The van der Waals surface area contributed by atoms with Crippen molar-refractivity contribution in [2.24, 2.45) is 0 Å². The van der Waals surface area contributed by atoms with Gasteiger partial charge in [-0.1, -0.05) is 45.4 Å². The van der Waals surface area contributed by atoms with E-state index in [9.17, 15) is 0 Å². The minimum absolute atomic E-state index is 0.326. The summed E-state index contributed by atoms with van der Waals surface area (Å²) in [5.41, 5.74) is 1.09. The highest BCUT2D eigenvalue weighted by Crippen LogP contribution is 2.27. The molecule has 0 spiro atoms. The van der Waals surface area contributed by atoms with Crippen molar-refractivity contribution in [3.05, 3.63) is 23.1 Å². The summed E-state index contributed by atoms with van der Waals surface area (Å²) < 4.78 is 5.13. The van der Waals surface area contributed by atoms with E-state index >= 15 is 0 Å². The molecule has 1 atom stereocenters. The minimum Gasteiger partial charge on any atom is -0.453 e. The molecule has 0 aromatic carbocycles. The van der Waals surface area contributed by atoms with E-state index in [1.807, 2.05) is 13.1 Å². The lowest BCUT2D eigenvalue weighted by Gasteiger charge is -2.14. The predicted molar refractivity (Wildman–Crippen MR) is 73.5 cm³/mol. The van der Waals surface area contributed by atoms with Crippen LogP contribution in [0.2, 0.25) is 5.22 Å². The number of unbranched alkanes of at least 4 members (excludes halogenated alkanes) is 5. The first-order valence-electron chi connectivity index (χ1n) is 6.69. The third-order valence-electron chi connectivity index (χ3n) is 3.22. The number of furan rings is 1. The highest BCUT2D eigenvalue weighted by atomic mass is 35.5. The molecule has 0 amide bonds. The smallest absolute Gasteiger partial charge is 0.197 e. The summed E-state index contributed by atoms with van der Waals surface area (Å²) in [6, 6.07) is 2.29. The topological polar surface area (TPSA) is 25.2 Å². The molecule has 1 aromatic rings. The van der Waals surface area contributed by atoms with Gasteiger partial charge in [0.1, 0.15) is 0 Å². The van der Waals surface area contributed by atoms with Crippen LogP contribution in [0.15, 0.2) is 16.7 Å². The SMILES string of the molecule is CCCCCCCCC(NC)c1ccoc1Cl. The minimum atomic E-state index is 0.326. The molecule has 0 radical (unpaired) electrons. The van der Waals surface area contributed by atoms with E-state index < -0.39 is 0 Å². The van der Waals surface area contributed by atoms with E-state index in [-0.39, 0.29) is 0 Å². The first-order chi connectivity index (χ1) is 8.29. The van der Waals surface area contributed by atoms with Gasteiger partial charge in [0.2, 0.25) is 0 Å². The van der Waals surface area contributed by atoms with Crippen LogP contribution in [0.3, 0.4) is 0 Å². The fourth-order valence-corrected chi connectivity index (χ4v) is 2.38. The van der Waals surface area contributed by atoms with Gasteiger partial charge >= 0.3 is 0 Å². The fourth-order valence-electron chi connectivity index (χ4n) is 2.14. The molecule has 1 rings (SSSR count). The van der Waals surface area contributed by atoms with E-state index in [2.05, 4.69) is 12.2 Å². The maximum absolute atomic E-state index is 5.99. The molecule has 1 unspecified atom stereocenters. The van der Waals surface area contributed by atoms with Crippen LogP contribution < -0.4 is 5.32 Å². The van der Waals surface area contributed by atoms with Crippen LogP contribution in [0.4, 0.5) is 0 Å². The zero-order valence-electron chi connectivity index (χ0n) is 11.0. The lowest BCUT2D eigenvalue weighted by Crippen LogP contribution is -2.15. The summed E-state index contributed by atoms with van der Waals surface area (Å²) in [5.74, 6) is 0. The van der Waals surface area contributed by atoms with Crippen molar-refractivity contribution in [3.8, 4) is 0 Å². The van der Waals surface area contributed by atoms with Gasteiger partial charge in [-0.25, -0.2) is 0 Å². The normalized spacial score (nSPS) is 12.9. The van der Waals surface area contributed by atoms with Crippen LogP contribution in [0.25, 0.3) is 0 Å². The van der Waals surface area contributed by atoms with Crippen molar-refractivity contribution in [1.29, 1.82) is 0 Å². The second-order valence-electron chi connectivity index (χ2n) is 4.55. The van der Waals surface area contributed by atoms with Gasteiger partial charge < -0.3 is 9.73 Å². The monoisotopic (exact) mass is 257 g/mol. The molecule has 0 saturated heterocycles. The van der Waals surface area contributed by atoms with Gasteiger partial charge in [-0.2, -0.15) is 0 Å². The predicted octanol–water partition coefficient (Wildman–Crippen LogP) is 4.94. The first-order valence-corrected chi connectivity index (χ1v) is 7.07. The molecule has 0 bridgehead atoms. The number of halogens is 1. The molecule has 1 heterocycles. The Bertz CT molecular complexity index is 298. The summed E-state index contributed by atoms with van der Waals surface area (Å²) in [6.07, 6.45) is 10.7. The van der Waals surface area contributed by atoms with Crippen LogP contribution >= 0.6 is 11.6 Å². The zero-order valence-corrected chi connectivity index (χ0v) is 11.7. The molecule has 1 N–H and O–H groups in total. The molecule has 0 fully saturated rings. The van der Waals surface area contributed by atoms with Gasteiger partial charge in [0.05, 0.1) is 6.26 Å². The van der Waals surface area contributed by atoms with Gasteiger partial charge in [0, 0.05) is 11.6 Å². The summed E-state index contributed by atoms with van der Waals surface area (Å²) in [7, 11) is 1.98. The average molecular weight is 258 g/mol. The van der Waals surface area contributed by atoms with E-state index in [1.54, 1.807) is 6.26 Å². The molecule has 0 aliphatic rings. The van der Waals surface area contributed by atoms with Gasteiger partial charge in [0.25, 0.3) is 0 Å². The Morgan fingerprint density at radius 3 is 2.53 bits per heavy atom. The Balaban J connectivity index is 2.22. The molecule has 17 heavy (non-hydrogen) atoms. The zero-order chi connectivity index (χ0) is 12.5. The summed E-state index contributed by atoms with van der Waals surface area (Å²) in [5, 5.41) is 3.83. The number of rotatable bonds is 9.